The lowest BCUT2D eigenvalue weighted by Crippen LogP contribution is -2.29. The summed E-state index contributed by atoms with van der Waals surface area (Å²) >= 11 is 0. The Hall–Kier alpha value is -1.88. The third-order valence-corrected chi connectivity index (χ3v) is 3.60. The second kappa shape index (κ2) is 5.62. The zero-order chi connectivity index (χ0) is 14.8. The van der Waals surface area contributed by atoms with Crippen molar-refractivity contribution in [3.63, 3.8) is 0 Å². The van der Waals surface area contributed by atoms with Crippen molar-refractivity contribution in [2.24, 2.45) is 4.99 Å². The quantitative estimate of drug-likeness (QED) is 0.680. The summed E-state index contributed by atoms with van der Waals surface area (Å²) in [6, 6.07) is 6.04. The van der Waals surface area contributed by atoms with Gasteiger partial charge in [0.1, 0.15) is 17.1 Å². The number of nitrogens with zero attached hydrogens (tertiary/aromatic N) is 2. The highest BCUT2D eigenvalue weighted by Gasteiger charge is 2.19. The van der Waals surface area contributed by atoms with Gasteiger partial charge in [-0.25, -0.2) is 9.98 Å². The summed E-state index contributed by atoms with van der Waals surface area (Å²) in [6.07, 6.45) is 3.50. The van der Waals surface area contributed by atoms with Crippen molar-refractivity contribution >= 4 is 19.7 Å². The Morgan fingerprint density at radius 3 is 2.65 bits per heavy atom. The summed E-state index contributed by atoms with van der Waals surface area (Å²) in [5.74, 6) is 0.860. The van der Waals surface area contributed by atoms with Crippen LogP contribution in [0.25, 0.3) is 0 Å². The van der Waals surface area contributed by atoms with Gasteiger partial charge in [-0.15, -0.1) is 0 Å². The van der Waals surface area contributed by atoms with Crippen LogP contribution < -0.4 is 4.43 Å². The molecule has 0 aliphatic heterocycles. The second-order valence-electron chi connectivity index (χ2n) is 5.79. The molecule has 0 fully saturated rings. The maximum absolute atomic E-state index is 6.14. The maximum atomic E-state index is 6.14. The van der Waals surface area contributed by atoms with Crippen molar-refractivity contribution in [3.05, 3.63) is 42.0 Å². The average molecular weight is 287 g/mol. The van der Waals surface area contributed by atoms with Gasteiger partial charge in [0.05, 0.1) is 12.0 Å². The first-order valence-electron chi connectivity index (χ1n) is 6.70. The molecule has 0 atom stereocenters. The van der Waals surface area contributed by atoms with Crippen LogP contribution in [0.15, 0.2) is 35.7 Å². The number of hydrogen-bond donors (Lipinski definition) is 1. The number of hydrogen-bond acceptors (Lipinski definition) is 3. The Morgan fingerprint density at radius 1 is 1.30 bits per heavy atom. The Balaban J connectivity index is 2.43. The lowest BCUT2D eigenvalue weighted by atomic mass is 10.2. The van der Waals surface area contributed by atoms with Crippen molar-refractivity contribution < 1.29 is 4.43 Å². The number of rotatable bonds is 4. The number of aromatic nitrogens is 2. The molecule has 0 aliphatic rings. The molecule has 0 unspecified atom stereocenters. The fourth-order valence-corrected chi connectivity index (χ4v) is 2.70. The highest BCUT2D eigenvalue weighted by Crippen LogP contribution is 2.33. The molecule has 0 aliphatic carbocycles. The number of H-pyrrole nitrogens is 1. The first-order chi connectivity index (χ1) is 9.37. The number of para-hydroxylation sites is 1. The van der Waals surface area contributed by atoms with E-state index in [0.717, 1.165) is 28.4 Å². The van der Waals surface area contributed by atoms with Crippen LogP contribution in [0.3, 0.4) is 0 Å². The SMILES string of the molecule is CC(=Nc1c(C)cccc1O[Si](C)(C)C)c1c[nH]cn1. The van der Waals surface area contributed by atoms with Gasteiger partial charge in [-0.05, 0) is 45.1 Å². The third kappa shape index (κ3) is 3.57. The third-order valence-electron chi connectivity index (χ3n) is 2.77. The summed E-state index contributed by atoms with van der Waals surface area (Å²) < 4.78 is 6.14. The molecule has 106 valence electrons. The van der Waals surface area contributed by atoms with E-state index in [4.69, 9.17) is 9.42 Å². The van der Waals surface area contributed by atoms with Gasteiger partial charge in [0, 0.05) is 6.20 Å². The molecule has 1 aromatic carbocycles. The van der Waals surface area contributed by atoms with Gasteiger partial charge in [0.25, 0.3) is 0 Å². The number of nitrogens with one attached hydrogen (secondary N) is 1. The molecule has 1 N–H and O–H groups in total. The lowest BCUT2D eigenvalue weighted by molar-refractivity contribution is 0.558. The van der Waals surface area contributed by atoms with Gasteiger partial charge in [-0.2, -0.15) is 0 Å². The average Bonchev–Trinajstić information content (AvgIpc) is 2.85. The van der Waals surface area contributed by atoms with E-state index >= 15 is 0 Å². The molecule has 2 aromatic rings. The van der Waals surface area contributed by atoms with Crippen molar-refractivity contribution in [2.75, 3.05) is 0 Å². The van der Waals surface area contributed by atoms with Crippen LogP contribution >= 0.6 is 0 Å². The molecule has 0 spiro atoms. The number of aryl methyl sites for hydroxylation is 1. The van der Waals surface area contributed by atoms with E-state index in [-0.39, 0.29) is 0 Å². The molecule has 0 radical (unpaired) electrons. The number of aliphatic imine (C=N–C) groups is 1. The van der Waals surface area contributed by atoms with Gasteiger partial charge < -0.3 is 9.41 Å². The summed E-state index contributed by atoms with van der Waals surface area (Å²) in [5.41, 5.74) is 3.74. The number of imidazole rings is 1. The Labute approximate surface area is 121 Å². The molecule has 1 aromatic heterocycles. The fourth-order valence-electron chi connectivity index (χ4n) is 1.87. The monoisotopic (exact) mass is 287 g/mol. The summed E-state index contributed by atoms with van der Waals surface area (Å²) in [5, 5.41) is 0. The van der Waals surface area contributed by atoms with Crippen LogP contribution in [0.1, 0.15) is 18.2 Å². The van der Waals surface area contributed by atoms with Gasteiger partial charge in [0.15, 0.2) is 0 Å². The first kappa shape index (κ1) is 14.5. The van der Waals surface area contributed by atoms with E-state index < -0.39 is 8.32 Å². The largest absolute Gasteiger partial charge is 0.543 e. The van der Waals surface area contributed by atoms with Crippen molar-refractivity contribution in [1.29, 1.82) is 0 Å². The summed E-state index contributed by atoms with van der Waals surface area (Å²) in [4.78, 5) is 11.9. The molecule has 0 amide bonds. The molecular weight excluding hydrogens is 266 g/mol. The second-order valence-corrected chi connectivity index (χ2v) is 10.2. The van der Waals surface area contributed by atoms with E-state index in [1.165, 1.54) is 0 Å². The van der Waals surface area contributed by atoms with E-state index in [1.54, 1.807) is 6.33 Å². The topological polar surface area (TPSA) is 50.3 Å². The molecule has 1 heterocycles. The summed E-state index contributed by atoms with van der Waals surface area (Å²) in [6.45, 7) is 10.5. The van der Waals surface area contributed by atoms with Gasteiger partial charge in [-0.1, -0.05) is 12.1 Å². The van der Waals surface area contributed by atoms with Crippen molar-refractivity contribution in [2.45, 2.75) is 33.5 Å². The van der Waals surface area contributed by atoms with E-state index in [9.17, 15) is 0 Å². The number of benzene rings is 1. The van der Waals surface area contributed by atoms with Crippen LogP contribution in [-0.4, -0.2) is 24.0 Å². The highest BCUT2D eigenvalue weighted by atomic mass is 28.4. The summed E-state index contributed by atoms with van der Waals surface area (Å²) in [7, 11) is -1.66. The highest BCUT2D eigenvalue weighted by molar-refractivity contribution is 6.70. The molecule has 0 saturated heterocycles. The van der Waals surface area contributed by atoms with Crippen LogP contribution in [0.2, 0.25) is 19.6 Å². The van der Waals surface area contributed by atoms with Gasteiger partial charge in [0.2, 0.25) is 8.32 Å². The fraction of sp³-hybridized carbons (Fsp3) is 0.333. The van der Waals surface area contributed by atoms with E-state index in [2.05, 4.69) is 29.6 Å². The van der Waals surface area contributed by atoms with Crippen LogP contribution in [0.5, 0.6) is 5.75 Å². The Bertz CT molecular complexity index is 613. The molecule has 0 bridgehead atoms. The van der Waals surface area contributed by atoms with E-state index in [0.29, 0.717) is 0 Å². The minimum atomic E-state index is -1.66. The molecular formula is C15H21N3OSi. The van der Waals surface area contributed by atoms with Crippen LogP contribution in [0.4, 0.5) is 5.69 Å². The molecule has 0 saturated carbocycles. The maximum Gasteiger partial charge on any atom is 0.242 e. The first-order valence-corrected chi connectivity index (χ1v) is 10.1. The lowest BCUT2D eigenvalue weighted by Gasteiger charge is -2.21. The minimum absolute atomic E-state index is 0.854. The van der Waals surface area contributed by atoms with Gasteiger partial charge in [-0.3, -0.25) is 0 Å². The van der Waals surface area contributed by atoms with Gasteiger partial charge >= 0.3 is 0 Å². The Morgan fingerprint density at radius 2 is 2.05 bits per heavy atom. The molecule has 5 heteroatoms. The van der Waals surface area contributed by atoms with Crippen LogP contribution in [-0.2, 0) is 0 Å². The smallest absolute Gasteiger partial charge is 0.242 e. The molecule has 2 rings (SSSR count). The zero-order valence-corrected chi connectivity index (χ0v) is 13.7. The minimum Gasteiger partial charge on any atom is -0.543 e. The number of aromatic amines is 1. The normalized spacial score (nSPS) is 12.6. The predicted molar refractivity (Wildman–Crippen MR) is 85.6 cm³/mol. The van der Waals surface area contributed by atoms with E-state index in [1.807, 2.05) is 38.2 Å². The molecule has 20 heavy (non-hydrogen) atoms. The predicted octanol–water partition coefficient (Wildman–Crippen LogP) is 4.07. The van der Waals surface area contributed by atoms with Crippen molar-refractivity contribution in [3.8, 4) is 5.75 Å². The van der Waals surface area contributed by atoms with Crippen molar-refractivity contribution in [1.82, 2.24) is 9.97 Å². The zero-order valence-electron chi connectivity index (χ0n) is 12.7. The Kier molecular flexibility index (Phi) is 4.08. The molecule has 4 nitrogen and oxygen atoms in total. The standard InChI is InChI=1S/C15H21N3OSi/c1-11-7-6-8-14(19-20(3,4)5)15(11)18-12(2)13-9-16-10-17-13/h6-10H,1-5H3,(H,16,17). The van der Waals surface area contributed by atoms with Crippen LogP contribution in [0, 0.1) is 6.92 Å².